The van der Waals surface area contributed by atoms with Gasteiger partial charge in [0.25, 0.3) is 0 Å². The second kappa shape index (κ2) is 17.4. The van der Waals surface area contributed by atoms with Gasteiger partial charge >= 0.3 is 0 Å². The first-order valence-electron chi connectivity index (χ1n) is 11.2. The van der Waals surface area contributed by atoms with Crippen LogP contribution in [0.3, 0.4) is 0 Å². The van der Waals surface area contributed by atoms with Crippen LogP contribution in [-0.4, -0.2) is 34.4 Å². The molecule has 2 aliphatic rings. The van der Waals surface area contributed by atoms with Gasteiger partial charge in [-0.3, -0.25) is 0 Å². The first-order valence-corrected chi connectivity index (χ1v) is 11.2. The normalized spacial score (nSPS) is 17.3. The predicted octanol–water partition coefficient (Wildman–Crippen LogP) is 6.10. The van der Waals surface area contributed by atoms with Crippen LogP contribution in [0.5, 0.6) is 0 Å². The molecule has 1 heterocycles. The molecule has 1 unspecified atom stereocenters. The largest absolute Gasteiger partial charge is 0.516 e. The quantitative estimate of drug-likeness (QED) is 0.342. The summed E-state index contributed by atoms with van der Waals surface area (Å²) in [7, 11) is 0. The maximum Gasteiger partial charge on any atom is 0.0794 e. The van der Waals surface area contributed by atoms with E-state index >= 15 is 0 Å². The topological polar surface area (TPSA) is 68.3 Å². The van der Waals surface area contributed by atoms with Crippen molar-refractivity contribution < 1.29 is 42.9 Å². The standard InChI is InChI=1S/C22H28N2O.C2H6O.C2H6.Y/c1-3-5-19-18(15-24-21(19)4-2)10-12-23-22-9-7-17-14-16(11-13-25)6-8-20(17)22;1-2-3;1-2;/h3-5,11,13-15,22-25H,2,6-10,12H2,1H3;3H,2H2,1H3;1-2H3;/b5-3-,13-11-;;;. The molecule has 5 heteroatoms. The molecule has 169 valence electrons. The Bertz CT molecular complexity index is 772. The molecule has 0 saturated heterocycles. The Morgan fingerprint density at radius 2 is 1.94 bits per heavy atom. The van der Waals surface area contributed by atoms with Gasteiger partial charge in [0.15, 0.2) is 0 Å². The van der Waals surface area contributed by atoms with Crippen molar-refractivity contribution in [3.8, 4) is 0 Å². The molecule has 1 aromatic heterocycles. The van der Waals surface area contributed by atoms with Crippen LogP contribution >= 0.6 is 0 Å². The fourth-order valence-corrected chi connectivity index (χ4v) is 4.00. The van der Waals surface area contributed by atoms with Gasteiger partial charge in [-0.1, -0.05) is 38.7 Å². The van der Waals surface area contributed by atoms with E-state index < -0.39 is 0 Å². The molecule has 0 aliphatic heterocycles. The third-order valence-corrected chi connectivity index (χ3v) is 5.23. The Balaban J connectivity index is 0.00000138. The number of hydrogen-bond donors (Lipinski definition) is 4. The SMILES string of the molecule is C=Cc1[nH]cc(CCNC2CCC3=C2CCC(/C=C\O)=C3)c1/C=C\C.CC.CCO.[Y]. The van der Waals surface area contributed by atoms with Gasteiger partial charge in [-0.2, -0.15) is 0 Å². The van der Waals surface area contributed by atoms with E-state index in [1.54, 1.807) is 12.5 Å². The van der Waals surface area contributed by atoms with Gasteiger partial charge in [0.05, 0.1) is 6.26 Å². The fourth-order valence-electron chi connectivity index (χ4n) is 4.00. The molecule has 2 aliphatic carbocycles. The Morgan fingerprint density at radius 1 is 1.23 bits per heavy atom. The third-order valence-electron chi connectivity index (χ3n) is 5.23. The predicted molar refractivity (Wildman–Crippen MR) is 131 cm³/mol. The van der Waals surface area contributed by atoms with Crippen molar-refractivity contribution in [1.29, 1.82) is 0 Å². The van der Waals surface area contributed by atoms with E-state index in [-0.39, 0.29) is 39.3 Å². The second-order valence-electron chi connectivity index (χ2n) is 7.04. The first-order chi connectivity index (χ1) is 14.7. The summed E-state index contributed by atoms with van der Waals surface area (Å²) in [5.74, 6) is 0. The minimum atomic E-state index is 0. The summed E-state index contributed by atoms with van der Waals surface area (Å²) in [6.45, 7) is 12.8. The van der Waals surface area contributed by atoms with Crippen molar-refractivity contribution in [1.82, 2.24) is 10.3 Å². The summed E-state index contributed by atoms with van der Waals surface area (Å²) < 4.78 is 0. The molecule has 3 rings (SSSR count). The molecule has 1 atom stereocenters. The fraction of sp³-hybridized carbons (Fsp3) is 0.462. The number of allylic oxidation sites excluding steroid dienone is 5. The van der Waals surface area contributed by atoms with Gasteiger partial charge in [0.1, 0.15) is 0 Å². The summed E-state index contributed by atoms with van der Waals surface area (Å²) in [4.78, 5) is 3.31. The van der Waals surface area contributed by atoms with Crippen molar-refractivity contribution in [2.75, 3.05) is 13.2 Å². The monoisotopic (exact) mass is 501 g/mol. The molecule has 0 amide bonds. The van der Waals surface area contributed by atoms with Crippen LogP contribution in [0.25, 0.3) is 12.2 Å². The third kappa shape index (κ3) is 9.06. The number of aliphatic hydroxyl groups is 2. The molecule has 4 nitrogen and oxygen atoms in total. The Kier molecular flexibility index (Phi) is 16.7. The smallest absolute Gasteiger partial charge is 0.0794 e. The Hall–Kier alpha value is -1.20. The zero-order chi connectivity index (χ0) is 22.4. The van der Waals surface area contributed by atoms with Crippen molar-refractivity contribution in [3.63, 3.8) is 0 Å². The van der Waals surface area contributed by atoms with Gasteiger partial charge in [0.2, 0.25) is 0 Å². The van der Waals surface area contributed by atoms with E-state index in [0.717, 1.165) is 44.2 Å². The average molecular weight is 502 g/mol. The zero-order valence-electron chi connectivity index (χ0n) is 19.7. The number of aromatic amines is 1. The number of nitrogens with one attached hydrogen (secondary N) is 2. The van der Waals surface area contributed by atoms with Crippen LogP contribution in [0, 0.1) is 0 Å². The summed E-state index contributed by atoms with van der Waals surface area (Å²) in [5, 5.41) is 20.3. The number of hydrogen-bond acceptors (Lipinski definition) is 3. The minimum absolute atomic E-state index is 0. The van der Waals surface area contributed by atoms with Crippen LogP contribution < -0.4 is 5.32 Å². The molecular weight excluding hydrogens is 461 g/mol. The number of H-pyrrole nitrogens is 1. The Labute approximate surface area is 214 Å². The maximum atomic E-state index is 8.95. The summed E-state index contributed by atoms with van der Waals surface area (Å²) in [6, 6.07) is 0.508. The van der Waals surface area contributed by atoms with E-state index in [2.05, 4.69) is 41.3 Å². The zero-order valence-corrected chi connectivity index (χ0v) is 22.6. The summed E-state index contributed by atoms with van der Waals surface area (Å²) in [6.07, 6.45) is 18.9. The van der Waals surface area contributed by atoms with Crippen LogP contribution in [0.15, 0.2) is 54.0 Å². The molecule has 0 fully saturated rings. The van der Waals surface area contributed by atoms with Crippen molar-refractivity contribution >= 4 is 12.2 Å². The van der Waals surface area contributed by atoms with E-state index in [1.807, 2.05) is 32.9 Å². The molecule has 4 N–H and O–H groups in total. The van der Waals surface area contributed by atoms with Crippen LogP contribution in [0.2, 0.25) is 0 Å². The molecular formula is C26H40N2O2Y. The molecule has 1 aromatic rings. The van der Waals surface area contributed by atoms with Gasteiger partial charge < -0.3 is 20.5 Å². The van der Waals surface area contributed by atoms with Crippen molar-refractivity contribution in [2.45, 2.75) is 65.8 Å². The molecule has 31 heavy (non-hydrogen) atoms. The van der Waals surface area contributed by atoms with Crippen molar-refractivity contribution in [2.24, 2.45) is 0 Å². The van der Waals surface area contributed by atoms with Gasteiger partial charge in [-0.25, -0.2) is 0 Å². The minimum Gasteiger partial charge on any atom is -0.516 e. The van der Waals surface area contributed by atoms with Gasteiger partial charge in [-0.05, 0) is 86.9 Å². The van der Waals surface area contributed by atoms with E-state index in [1.165, 1.54) is 28.7 Å². The van der Waals surface area contributed by atoms with Gasteiger partial charge in [-0.15, -0.1) is 0 Å². The number of aromatic nitrogens is 1. The van der Waals surface area contributed by atoms with E-state index in [0.29, 0.717) is 6.04 Å². The maximum absolute atomic E-state index is 8.95. The molecule has 0 saturated carbocycles. The molecule has 0 bridgehead atoms. The van der Waals surface area contributed by atoms with Crippen LogP contribution in [0.1, 0.15) is 70.2 Å². The summed E-state index contributed by atoms with van der Waals surface area (Å²) >= 11 is 0. The molecule has 1 radical (unpaired) electrons. The number of rotatable bonds is 7. The first kappa shape index (κ1) is 29.8. The number of aliphatic hydroxyl groups excluding tert-OH is 2. The summed E-state index contributed by atoms with van der Waals surface area (Å²) in [5.41, 5.74) is 7.98. The van der Waals surface area contributed by atoms with Crippen LogP contribution in [0.4, 0.5) is 0 Å². The average Bonchev–Trinajstić information content (AvgIpc) is 3.34. The van der Waals surface area contributed by atoms with E-state index in [9.17, 15) is 0 Å². The Morgan fingerprint density at radius 3 is 2.55 bits per heavy atom. The van der Waals surface area contributed by atoms with E-state index in [4.69, 9.17) is 10.2 Å². The van der Waals surface area contributed by atoms with Crippen molar-refractivity contribution in [3.05, 3.63) is 70.8 Å². The van der Waals surface area contributed by atoms with Gasteiger partial charge in [0, 0.05) is 62.8 Å². The van der Waals surface area contributed by atoms with Crippen LogP contribution in [-0.2, 0) is 39.1 Å². The molecule has 0 spiro atoms. The molecule has 0 aromatic carbocycles. The second-order valence-corrected chi connectivity index (χ2v) is 7.04.